The van der Waals surface area contributed by atoms with Crippen molar-refractivity contribution in [3.63, 3.8) is 0 Å². The van der Waals surface area contributed by atoms with E-state index in [2.05, 4.69) is 43.4 Å². The fraction of sp³-hybridized carbons (Fsp3) is 0.579. The summed E-state index contributed by atoms with van der Waals surface area (Å²) in [5, 5.41) is 11.8. The van der Waals surface area contributed by atoms with Crippen LogP contribution >= 0.6 is 0 Å². The number of carboxylic acid groups (broad SMARTS) is 1. The van der Waals surface area contributed by atoms with Crippen molar-refractivity contribution >= 4 is 12.0 Å². The Morgan fingerprint density at radius 2 is 1.88 bits per heavy atom. The molecule has 0 bridgehead atoms. The highest BCUT2D eigenvalue weighted by molar-refractivity contribution is 5.75. The third-order valence-electron chi connectivity index (χ3n) is 4.36. The van der Waals surface area contributed by atoms with Gasteiger partial charge in [0.15, 0.2) is 0 Å². The highest BCUT2D eigenvalue weighted by Gasteiger charge is 2.34. The number of carboxylic acids is 1. The Kier molecular flexibility index (Phi) is 6.23. The van der Waals surface area contributed by atoms with Gasteiger partial charge in [-0.05, 0) is 42.2 Å². The molecule has 1 aromatic carbocycles. The van der Waals surface area contributed by atoms with Gasteiger partial charge in [-0.15, -0.1) is 0 Å². The van der Waals surface area contributed by atoms with Gasteiger partial charge in [0.1, 0.15) is 0 Å². The van der Waals surface area contributed by atoms with Crippen molar-refractivity contribution in [3.8, 4) is 0 Å². The summed E-state index contributed by atoms with van der Waals surface area (Å²) < 4.78 is 0. The number of benzene rings is 1. The predicted molar refractivity (Wildman–Crippen MR) is 93.9 cm³/mol. The number of hydrogen-bond acceptors (Lipinski definition) is 2. The summed E-state index contributed by atoms with van der Waals surface area (Å²) in [7, 11) is 1.63. The lowest BCUT2D eigenvalue weighted by molar-refractivity contribution is -0.137. The first-order valence-electron chi connectivity index (χ1n) is 8.69. The van der Waals surface area contributed by atoms with E-state index in [1.54, 1.807) is 7.05 Å². The van der Waals surface area contributed by atoms with E-state index in [0.717, 1.165) is 24.8 Å². The molecule has 2 amide bonds. The molecule has 1 aliphatic carbocycles. The van der Waals surface area contributed by atoms with Crippen LogP contribution in [0.3, 0.4) is 0 Å². The SMILES string of the molecule is CC(C)Cc1ccc(C(NC(=O)N(C)CCC(=O)O)C2CC2)cc1. The molecule has 1 aliphatic rings. The lowest BCUT2D eigenvalue weighted by Gasteiger charge is -2.24. The Bertz CT molecular complexity index is 564. The minimum atomic E-state index is -0.894. The second-order valence-electron chi connectivity index (χ2n) is 7.17. The van der Waals surface area contributed by atoms with Gasteiger partial charge in [0.05, 0.1) is 12.5 Å². The van der Waals surface area contributed by atoms with E-state index in [0.29, 0.717) is 11.8 Å². The molecule has 5 heteroatoms. The van der Waals surface area contributed by atoms with E-state index < -0.39 is 5.97 Å². The number of rotatable bonds is 8. The summed E-state index contributed by atoms with van der Waals surface area (Å²) in [6, 6.07) is 8.31. The number of nitrogens with zero attached hydrogens (tertiary/aromatic N) is 1. The molecule has 1 unspecified atom stereocenters. The first-order valence-corrected chi connectivity index (χ1v) is 8.69. The summed E-state index contributed by atoms with van der Waals surface area (Å²) in [6.07, 6.45) is 3.26. The zero-order valence-corrected chi connectivity index (χ0v) is 14.8. The van der Waals surface area contributed by atoms with Crippen molar-refractivity contribution in [1.82, 2.24) is 10.2 Å². The van der Waals surface area contributed by atoms with Crippen LogP contribution in [0.5, 0.6) is 0 Å². The van der Waals surface area contributed by atoms with Crippen LogP contribution in [0.25, 0.3) is 0 Å². The topological polar surface area (TPSA) is 69.6 Å². The number of urea groups is 1. The molecule has 0 spiro atoms. The van der Waals surface area contributed by atoms with Gasteiger partial charge in [0, 0.05) is 13.6 Å². The maximum absolute atomic E-state index is 12.3. The van der Waals surface area contributed by atoms with Crippen LogP contribution in [0.4, 0.5) is 4.79 Å². The minimum Gasteiger partial charge on any atom is -0.481 e. The van der Waals surface area contributed by atoms with Gasteiger partial charge in [0.2, 0.25) is 0 Å². The second kappa shape index (κ2) is 8.18. The summed E-state index contributed by atoms with van der Waals surface area (Å²) in [6.45, 7) is 4.62. The van der Waals surface area contributed by atoms with Gasteiger partial charge < -0.3 is 15.3 Å². The second-order valence-corrected chi connectivity index (χ2v) is 7.17. The average Bonchev–Trinajstić information content (AvgIpc) is 3.35. The third-order valence-corrected chi connectivity index (χ3v) is 4.36. The first-order chi connectivity index (χ1) is 11.4. The van der Waals surface area contributed by atoms with Crippen LogP contribution < -0.4 is 5.32 Å². The molecular weight excluding hydrogens is 304 g/mol. The standard InChI is InChI=1S/C19H28N2O3/c1-13(2)12-14-4-6-15(7-5-14)18(16-8-9-16)20-19(24)21(3)11-10-17(22)23/h4-7,13,16,18H,8-12H2,1-3H3,(H,20,24)(H,22,23). The van der Waals surface area contributed by atoms with E-state index in [-0.39, 0.29) is 25.0 Å². The fourth-order valence-electron chi connectivity index (χ4n) is 2.84. The van der Waals surface area contributed by atoms with E-state index in [4.69, 9.17) is 5.11 Å². The van der Waals surface area contributed by atoms with Crippen LogP contribution in [0.2, 0.25) is 0 Å². The summed E-state index contributed by atoms with van der Waals surface area (Å²) >= 11 is 0. The van der Waals surface area contributed by atoms with Crippen molar-refractivity contribution in [2.45, 2.75) is 45.6 Å². The maximum atomic E-state index is 12.3. The average molecular weight is 332 g/mol. The van der Waals surface area contributed by atoms with Gasteiger partial charge in [-0.2, -0.15) is 0 Å². The lowest BCUT2D eigenvalue weighted by atomic mass is 9.97. The molecule has 1 aromatic rings. The Labute approximate surface area is 144 Å². The lowest BCUT2D eigenvalue weighted by Crippen LogP contribution is -2.40. The van der Waals surface area contributed by atoms with Crippen LogP contribution in [0, 0.1) is 11.8 Å². The van der Waals surface area contributed by atoms with Crippen molar-refractivity contribution < 1.29 is 14.7 Å². The maximum Gasteiger partial charge on any atom is 0.317 e. The van der Waals surface area contributed by atoms with Crippen molar-refractivity contribution in [3.05, 3.63) is 35.4 Å². The molecule has 0 radical (unpaired) electrons. The largest absolute Gasteiger partial charge is 0.481 e. The predicted octanol–water partition coefficient (Wildman–Crippen LogP) is 3.45. The number of carbonyl (C=O) groups is 2. The van der Waals surface area contributed by atoms with Crippen molar-refractivity contribution in [1.29, 1.82) is 0 Å². The summed E-state index contributed by atoms with van der Waals surface area (Å²) in [5.74, 6) is 0.213. The molecule has 1 saturated carbocycles. The van der Waals surface area contributed by atoms with Gasteiger partial charge >= 0.3 is 12.0 Å². The Morgan fingerprint density at radius 1 is 1.25 bits per heavy atom. The zero-order valence-electron chi connectivity index (χ0n) is 14.8. The number of aliphatic carboxylic acids is 1. The van der Waals surface area contributed by atoms with E-state index in [1.807, 2.05) is 0 Å². The monoisotopic (exact) mass is 332 g/mol. The Balaban J connectivity index is 1.99. The molecule has 0 saturated heterocycles. The van der Waals surface area contributed by atoms with E-state index >= 15 is 0 Å². The fourth-order valence-corrected chi connectivity index (χ4v) is 2.84. The zero-order chi connectivity index (χ0) is 17.7. The van der Waals surface area contributed by atoms with Crippen molar-refractivity contribution in [2.24, 2.45) is 11.8 Å². The Hall–Kier alpha value is -2.04. The van der Waals surface area contributed by atoms with Gasteiger partial charge in [-0.1, -0.05) is 38.1 Å². The molecule has 0 aromatic heterocycles. The number of carbonyl (C=O) groups excluding carboxylic acids is 1. The smallest absolute Gasteiger partial charge is 0.317 e. The van der Waals surface area contributed by atoms with Crippen LogP contribution in [0.1, 0.15) is 50.3 Å². The molecular formula is C19H28N2O3. The Morgan fingerprint density at radius 3 is 2.38 bits per heavy atom. The summed E-state index contributed by atoms with van der Waals surface area (Å²) in [4.78, 5) is 24.4. The van der Waals surface area contributed by atoms with Crippen molar-refractivity contribution in [2.75, 3.05) is 13.6 Å². The molecule has 0 heterocycles. The number of nitrogens with one attached hydrogen (secondary N) is 1. The van der Waals surface area contributed by atoms with E-state index in [9.17, 15) is 9.59 Å². The van der Waals surface area contributed by atoms with Crippen LogP contribution in [-0.4, -0.2) is 35.6 Å². The number of amides is 2. The number of hydrogen-bond donors (Lipinski definition) is 2. The molecule has 5 nitrogen and oxygen atoms in total. The molecule has 24 heavy (non-hydrogen) atoms. The molecule has 0 aliphatic heterocycles. The third kappa shape index (κ3) is 5.55. The normalized spacial score (nSPS) is 15.2. The molecule has 2 N–H and O–H groups in total. The van der Waals surface area contributed by atoms with Crippen LogP contribution in [-0.2, 0) is 11.2 Å². The molecule has 1 fully saturated rings. The van der Waals surface area contributed by atoms with Crippen LogP contribution in [0.15, 0.2) is 24.3 Å². The van der Waals surface area contributed by atoms with E-state index in [1.165, 1.54) is 10.5 Å². The highest BCUT2D eigenvalue weighted by atomic mass is 16.4. The molecule has 2 rings (SSSR count). The summed E-state index contributed by atoms with van der Waals surface area (Å²) in [5.41, 5.74) is 2.44. The van der Waals surface area contributed by atoms with Gasteiger partial charge in [-0.25, -0.2) is 4.79 Å². The highest BCUT2D eigenvalue weighted by Crippen LogP contribution is 2.41. The molecule has 1 atom stereocenters. The minimum absolute atomic E-state index is 0.0119. The first kappa shape index (κ1) is 18.3. The molecule has 132 valence electrons. The quantitative estimate of drug-likeness (QED) is 0.766. The van der Waals surface area contributed by atoms with Gasteiger partial charge in [0.25, 0.3) is 0 Å². The van der Waals surface area contributed by atoms with Gasteiger partial charge in [-0.3, -0.25) is 4.79 Å².